The Bertz CT molecular complexity index is 830. The van der Waals surface area contributed by atoms with Gasteiger partial charge in [0.15, 0.2) is 0 Å². The number of rotatable bonds is 5. The van der Waals surface area contributed by atoms with Gasteiger partial charge in [0.1, 0.15) is 10.6 Å². The minimum atomic E-state index is -0.0717. The van der Waals surface area contributed by atoms with Crippen molar-refractivity contribution in [3.05, 3.63) is 46.5 Å². The van der Waals surface area contributed by atoms with Crippen molar-refractivity contribution in [1.82, 2.24) is 15.1 Å². The summed E-state index contributed by atoms with van der Waals surface area (Å²) in [7, 11) is 1.90. The van der Waals surface area contributed by atoms with E-state index in [1.807, 2.05) is 62.8 Å². The number of benzene rings is 1. The van der Waals surface area contributed by atoms with E-state index < -0.39 is 0 Å². The molecule has 0 unspecified atom stereocenters. The lowest BCUT2D eigenvalue weighted by Crippen LogP contribution is -2.25. The van der Waals surface area contributed by atoms with Crippen LogP contribution in [0.2, 0.25) is 0 Å². The normalized spacial score (nSPS) is 12.3. The maximum absolute atomic E-state index is 12.5. The number of hydrogen-bond donors (Lipinski definition) is 1. The topological polar surface area (TPSA) is 56.1 Å². The number of ether oxygens (including phenoxy) is 1. The van der Waals surface area contributed by atoms with Crippen LogP contribution < -0.4 is 10.1 Å². The molecule has 2 heterocycles. The van der Waals surface area contributed by atoms with Crippen LogP contribution >= 0.6 is 11.3 Å². The second-order valence-corrected chi connectivity index (χ2v) is 6.77. The largest absolute Gasteiger partial charge is 0.494 e. The van der Waals surface area contributed by atoms with Gasteiger partial charge in [-0.1, -0.05) is 12.1 Å². The van der Waals surface area contributed by atoms with Crippen molar-refractivity contribution < 1.29 is 9.53 Å². The first-order valence-corrected chi connectivity index (χ1v) is 8.78. The number of carbonyl (C=O) groups excluding carboxylic acids is 1. The fraction of sp³-hybridized carbons (Fsp3) is 0.333. The minimum Gasteiger partial charge on any atom is -0.494 e. The average molecular weight is 343 g/mol. The van der Waals surface area contributed by atoms with Crippen LogP contribution in [0.3, 0.4) is 0 Å². The molecule has 1 atom stereocenters. The molecule has 0 saturated heterocycles. The van der Waals surface area contributed by atoms with Gasteiger partial charge in [0.05, 0.1) is 23.2 Å². The van der Waals surface area contributed by atoms with Gasteiger partial charge in [-0.25, -0.2) is 0 Å². The lowest BCUT2D eigenvalue weighted by molar-refractivity contribution is 0.0944. The Morgan fingerprint density at radius 2 is 2.08 bits per heavy atom. The number of nitrogens with zero attached hydrogens (tertiary/aromatic N) is 2. The van der Waals surface area contributed by atoms with E-state index in [4.69, 9.17) is 4.74 Å². The molecule has 1 amide bonds. The Labute approximate surface area is 145 Å². The zero-order valence-electron chi connectivity index (χ0n) is 14.3. The van der Waals surface area contributed by atoms with E-state index in [0.29, 0.717) is 11.5 Å². The van der Waals surface area contributed by atoms with Crippen LogP contribution in [0, 0.1) is 6.92 Å². The molecule has 3 aromatic rings. The van der Waals surface area contributed by atoms with Gasteiger partial charge in [-0.05, 0) is 44.5 Å². The number of carbonyl (C=O) groups is 1. The third kappa shape index (κ3) is 3.14. The summed E-state index contributed by atoms with van der Waals surface area (Å²) in [6, 6.07) is 9.66. The fourth-order valence-corrected chi connectivity index (χ4v) is 3.71. The summed E-state index contributed by atoms with van der Waals surface area (Å²) in [4.78, 5) is 14.3. The van der Waals surface area contributed by atoms with Gasteiger partial charge < -0.3 is 10.1 Å². The molecular weight excluding hydrogens is 322 g/mol. The fourth-order valence-electron chi connectivity index (χ4n) is 2.69. The molecule has 0 saturated carbocycles. The van der Waals surface area contributed by atoms with E-state index >= 15 is 0 Å². The summed E-state index contributed by atoms with van der Waals surface area (Å²) in [5, 5.41) is 8.46. The minimum absolute atomic E-state index is 0.0583. The van der Waals surface area contributed by atoms with Crippen LogP contribution in [0.1, 0.15) is 40.8 Å². The maximum Gasteiger partial charge on any atom is 0.261 e. The van der Waals surface area contributed by atoms with Crippen LogP contribution in [0.25, 0.3) is 10.2 Å². The van der Waals surface area contributed by atoms with Crippen LogP contribution in [0.15, 0.2) is 30.3 Å². The van der Waals surface area contributed by atoms with Crippen molar-refractivity contribution in [1.29, 1.82) is 0 Å². The number of aryl methyl sites for hydroxylation is 2. The highest BCUT2D eigenvalue weighted by molar-refractivity contribution is 7.20. The van der Waals surface area contributed by atoms with Gasteiger partial charge in [-0.3, -0.25) is 9.48 Å². The van der Waals surface area contributed by atoms with Gasteiger partial charge >= 0.3 is 0 Å². The van der Waals surface area contributed by atoms with Crippen LogP contribution in [-0.4, -0.2) is 22.3 Å². The predicted molar refractivity (Wildman–Crippen MR) is 96.8 cm³/mol. The molecule has 24 heavy (non-hydrogen) atoms. The molecule has 5 nitrogen and oxygen atoms in total. The second-order valence-electron chi connectivity index (χ2n) is 5.74. The summed E-state index contributed by atoms with van der Waals surface area (Å²) in [5.74, 6) is 0.782. The van der Waals surface area contributed by atoms with E-state index in [0.717, 1.165) is 27.2 Å². The molecule has 0 bridgehead atoms. The molecule has 1 N–H and O–H groups in total. The van der Waals surface area contributed by atoms with Crippen molar-refractivity contribution in [2.24, 2.45) is 7.05 Å². The molecule has 0 aliphatic heterocycles. The monoisotopic (exact) mass is 343 g/mol. The molecule has 6 heteroatoms. The standard InChI is InChI=1S/C18H21N3O2S/c1-5-23-14-8-6-13(7-9-14)11(2)19-17(22)16-10-15-12(3)20-21(4)18(15)24-16/h6-11H,5H2,1-4H3,(H,19,22)/t11-/m0/s1. The van der Waals surface area contributed by atoms with Crippen molar-refractivity contribution in [2.75, 3.05) is 6.61 Å². The highest BCUT2D eigenvalue weighted by Gasteiger charge is 2.17. The Morgan fingerprint density at radius 1 is 1.38 bits per heavy atom. The maximum atomic E-state index is 12.5. The third-order valence-corrected chi connectivity index (χ3v) is 5.16. The zero-order chi connectivity index (χ0) is 17.3. The summed E-state index contributed by atoms with van der Waals surface area (Å²) in [6.45, 7) is 6.54. The highest BCUT2D eigenvalue weighted by atomic mass is 32.1. The number of nitrogens with one attached hydrogen (secondary N) is 1. The number of fused-ring (bicyclic) bond motifs is 1. The molecule has 3 rings (SSSR count). The van der Waals surface area contributed by atoms with Crippen molar-refractivity contribution >= 4 is 27.5 Å². The second kappa shape index (κ2) is 6.65. The summed E-state index contributed by atoms with van der Waals surface area (Å²) in [5.41, 5.74) is 1.99. The molecule has 1 aromatic carbocycles. The van der Waals surface area contributed by atoms with Crippen LogP contribution in [0.5, 0.6) is 5.75 Å². The Kier molecular flexibility index (Phi) is 4.57. The molecule has 0 aliphatic rings. The zero-order valence-corrected chi connectivity index (χ0v) is 15.1. The van der Waals surface area contributed by atoms with Crippen LogP contribution in [-0.2, 0) is 7.05 Å². The number of hydrogen-bond acceptors (Lipinski definition) is 4. The summed E-state index contributed by atoms with van der Waals surface area (Å²) >= 11 is 1.47. The highest BCUT2D eigenvalue weighted by Crippen LogP contribution is 2.28. The Morgan fingerprint density at radius 3 is 2.71 bits per heavy atom. The lowest BCUT2D eigenvalue weighted by atomic mass is 10.1. The molecule has 0 radical (unpaired) electrons. The van der Waals surface area contributed by atoms with Crippen molar-refractivity contribution in [3.8, 4) is 5.75 Å². The first kappa shape index (κ1) is 16.5. The molecule has 2 aromatic heterocycles. The van der Waals surface area contributed by atoms with E-state index in [2.05, 4.69) is 10.4 Å². The summed E-state index contributed by atoms with van der Waals surface area (Å²) < 4.78 is 7.27. The number of aromatic nitrogens is 2. The van der Waals surface area contributed by atoms with Crippen molar-refractivity contribution in [2.45, 2.75) is 26.8 Å². The van der Waals surface area contributed by atoms with E-state index in [9.17, 15) is 4.79 Å². The van der Waals surface area contributed by atoms with Crippen molar-refractivity contribution in [3.63, 3.8) is 0 Å². The molecule has 0 aliphatic carbocycles. The first-order valence-electron chi connectivity index (χ1n) is 7.96. The molecule has 126 valence electrons. The SMILES string of the molecule is CCOc1ccc([C@H](C)NC(=O)c2cc3c(C)nn(C)c3s2)cc1. The quantitative estimate of drug-likeness (QED) is 0.766. The summed E-state index contributed by atoms with van der Waals surface area (Å²) in [6.07, 6.45) is 0. The van der Waals surface area contributed by atoms with Gasteiger partial charge in [0.2, 0.25) is 0 Å². The first-order chi connectivity index (χ1) is 11.5. The third-order valence-electron chi connectivity index (χ3n) is 3.96. The van der Waals surface area contributed by atoms with Gasteiger partial charge in [0.25, 0.3) is 5.91 Å². The van der Waals surface area contributed by atoms with Gasteiger partial charge in [-0.15, -0.1) is 11.3 Å². The number of amides is 1. The van der Waals surface area contributed by atoms with E-state index in [-0.39, 0.29) is 11.9 Å². The van der Waals surface area contributed by atoms with Gasteiger partial charge in [-0.2, -0.15) is 5.10 Å². The van der Waals surface area contributed by atoms with Crippen LogP contribution in [0.4, 0.5) is 0 Å². The lowest BCUT2D eigenvalue weighted by Gasteiger charge is -2.14. The van der Waals surface area contributed by atoms with E-state index in [1.54, 1.807) is 0 Å². The smallest absolute Gasteiger partial charge is 0.261 e. The Hall–Kier alpha value is -2.34. The van der Waals surface area contributed by atoms with E-state index in [1.165, 1.54) is 11.3 Å². The molecular formula is C18H21N3O2S. The molecule has 0 fully saturated rings. The van der Waals surface area contributed by atoms with Gasteiger partial charge in [0, 0.05) is 12.4 Å². The Balaban J connectivity index is 1.73. The molecule has 0 spiro atoms. The number of thiophene rings is 1. The average Bonchev–Trinajstić information content (AvgIpc) is 3.10. The predicted octanol–water partition coefficient (Wildman–Crippen LogP) is 3.83.